The van der Waals surface area contributed by atoms with Gasteiger partial charge in [0.05, 0.1) is 19.3 Å². The van der Waals surface area contributed by atoms with E-state index in [-0.39, 0.29) is 29.9 Å². The number of nitrogens with one attached hydrogen (secondary N) is 2. The number of nitrogens with zero attached hydrogens (tertiary/aromatic N) is 1. The molecule has 4 rings (SSSR count). The Balaban J connectivity index is 1.22. The summed E-state index contributed by atoms with van der Waals surface area (Å²) in [5, 5.41) is 6.13. The molecule has 3 aliphatic rings. The van der Waals surface area contributed by atoms with Crippen LogP contribution < -0.4 is 10.6 Å². The average Bonchev–Trinajstić information content (AvgIpc) is 2.78. The van der Waals surface area contributed by atoms with Crippen LogP contribution in [0.2, 0.25) is 0 Å². The lowest BCUT2D eigenvalue weighted by Gasteiger charge is -2.39. The van der Waals surface area contributed by atoms with Gasteiger partial charge in [-0.2, -0.15) is 0 Å². The highest BCUT2D eigenvalue weighted by Gasteiger charge is 2.40. The van der Waals surface area contributed by atoms with E-state index in [9.17, 15) is 9.59 Å². The van der Waals surface area contributed by atoms with Gasteiger partial charge in [0.2, 0.25) is 5.91 Å². The van der Waals surface area contributed by atoms with Crippen LogP contribution in [0.4, 0.5) is 0 Å². The highest BCUT2D eigenvalue weighted by atomic mass is 16.5. The highest BCUT2D eigenvalue weighted by Crippen LogP contribution is 2.31. The molecule has 1 aromatic rings. The third kappa shape index (κ3) is 5.40. The zero-order valence-corrected chi connectivity index (χ0v) is 17.3. The van der Waals surface area contributed by atoms with E-state index in [4.69, 9.17) is 9.47 Å². The molecule has 1 aliphatic carbocycles. The van der Waals surface area contributed by atoms with Crippen molar-refractivity contribution in [3.05, 3.63) is 41.7 Å². The summed E-state index contributed by atoms with van der Waals surface area (Å²) in [5.41, 5.74) is 0.936. The number of hydrogen-bond donors (Lipinski definition) is 2. The zero-order valence-electron chi connectivity index (χ0n) is 17.3. The van der Waals surface area contributed by atoms with Gasteiger partial charge in [0.1, 0.15) is 6.10 Å². The Kier molecular flexibility index (Phi) is 7.02. The lowest BCUT2D eigenvalue weighted by atomic mass is 9.82. The molecule has 2 saturated heterocycles. The van der Waals surface area contributed by atoms with Crippen LogP contribution >= 0.6 is 0 Å². The maximum Gasteiger partial charge on any atom is 0.286 e. The van der Waals surface area contributed by atoms with E-state index in [2.05, 4.69) is 15.5 Å². The van der Waals surface area contributed by atoms with E-state index in [0.29, 0.717) is 18.7 Å². The van der Waals surface area contributed by atoms with Gasteiger partial charge in [-0.3, -0.25) is 14.5 Å². The first kappa shape index (κ1) is 20.9. The second kappa shape index (κ2) is 10.1. The lowest BCUT2D eigenvalue weighted by Crippen LogP contribution is -2.54. The van der Waals surface area contributed by atoms with E-state index >= 15 is 0 Å². The van der Waals surface area contributed by atoms with Crippen LogP contribution in [0.1, 0.15) is 31.2 Å². The van der Waals surface area contributed by atoms with Crippen LogP contribution in [-0.4, -0.2) is 68.3 Å². The third-order valence-corrected chi connectivity index (χ3v) is 6.13. The van der Waals surface area contributed by atoms with Gasteiger partial charge < -0.3 is 20.1 Å². The number of amides is 2. The predicted molar refractivity (Wildman–Crippen MR) is 113 cm³/mol. The van der Waals surface area contributed by atoms with Crippen LogP contribution in [0.5, 0.6) is 0 Å². The second-order valence-corrected chi connectivity index (χ2v) is 8.26. The Bertz CT molecular complexity index is 761. The largest absolute Gasteiger partial charge is 0.483 e. The summed E-state index contributed by atoms with van der Waals surface area (Å²) in [6.45, 7) is 5.22. The third-order valence-electron chi connectivity index (χ3n) is 6.13. The number of carbonyl (C=O) groups is 2. The molecule has 7 heteroatoms. The van der Waals surface area contributed by atoms with Gasteiger partial charge in [-0.25, -0.2) is 0 Å². The number of rotatable bonds is 6. The number of benzene rings is 1. The van der Waals surface area contributed by atoms with Gasteiger partial charge >= 0.3 is 0 Å². The molecule has 2 N–H and O–H groups in total. The second-order valence-electron chi connectivity index (χ2n) is 8.26. The molecule has 1 saturated carbocycles. The van der Waals surface area contributed by atoms with E-state index in [1.165, 1.54) is 0 Å². The minimum absolute atomic E-state index is 0.0666. The first-order valence-electron chi connectivity index (χ1n) is 11.0. The number of fused-ring (bicyclic) bond motifs is 1. The first-order chi connectivity index (χ1) is 14.7. The van der Waals surface area contributed by atoms with Gasteiger partial charge in [-0.05, 0) is 43.9 Å². The molecule has 2 amide bonds. The average molecular weight is 414 g/mol. The quantitative estimate of drug-likeness (QED) is 0.546. The molecule has 0 radical (unpaired) electrons. The van der Waals surface area contributed by atoms with Gasteiger partial charge in [0, 0.05) is 25.6 Å². The van der Waals surface area contributed by atoms with Gasteiger partial charge in [0.25, 0.3) is 5.91 Å². The molecule has 0 bridgehead atoms. The normalized spacial score (nSPS) is 28.3. The fraction of sp³-hybridized carbons (Fsp3) is 0.565. The number of hydrogen-bond acceptors (Lipinski definition) is 5. The summed E-state index contributed by atoms with van der Waals surface area (Å²) < 4.78 is 11.4. The van der Waals surface area contributed by atoms with Crippen molar-refractivity contribution in [2.75, 3.05) is 39.4 Å². The fourth-order valence-electron chi connectivity index (χ4n) is 4.41. The molecule has 3 atom stereocenters. The molecule has 0 spiro atoms. The molecule has 3 unspecified atom stereocenters. The summed E-state index contributed by atoms with van der Waals surface area (Å²) >= 11 is 0. The summed E-state index contributed by atoms with van der Waals surface area (Å²) in [7, 11) is 0. The van der Waals surface area contributed by atoms with Crippen LogP contribution in [0.25, 0.3) is 6.08 Å². The van der Waals surface area contributed by atoms with Crippen molar-refractivity contribution in [2.45, 2.75) is 37.8 Å². The van der Waals surface area contributed by atoms with Crippen LogP contribution in [0.3, 0.4) is 0 Å². The van der Waals surface area contributed by atoms with Gasteiger partial charge in [0.15, 0.2) is 5.76 Å². The Labute approximate surface area is 177 Å². The van der Waals surface area contributed by atoms with Crippen molar-refractivity contribution in [3.8, 4) is 0 Å². The molecular weight excluding hydrogens is 382 g/mol. The lowest BCUT2D eigenvalue weighted by molar-refractivity contribution is -0.134. The molecule has 30 heavy (non-hydrogen) atoms. The monoisotopic (exact) mass is 413 g/mol. The molecule has 2 aliphatic heterocycles. The summed E-state index contributed by atoms with van der Waals surface area (Å²) in [6, 6.07) is 9.57. The molecule has 162 valence electrons. The Morgan fingerprint density at radius 1 is 1.20 bits per heavy atom. The highest BCUT2D eigenvalue weighted by molar-refractivity contribution is 5.96. The maximum atomic E-state index is 12.6. The summed E-state index contributed by atoms with van der Waals surface area (Å²) in [4.78, 5) is 27.4. The Hall–Kier alpha value is -2.38. The van der Waals surface area contributed by atoms with Crippen molar-refractivity contribution in [1.82, 2.24) is 15.5 Å². The Morgan fingerprint density at radius 3 is 2.80 bits per heavy atom. The minimum Gasteiger partial charge on any atom is -0.483 e. The first-order valence-corrected chi connectivity index (χ1v) is 11.0. The zero-order chi connectivity index (χ0) is 20.8. The smallest absolute Gasteiger partial charge is 0.286 e. The van der Waals surface area contributed by atoms with Crippen molar-refractivity contribution in [2.24, 2.45) is 5.92 Å². The molecule has 3 fully saturated rings. The number of carbonyl (C=O) groups excluding carboxylic acids is 2. The fourth-order valence-corrected chi connectivity index (χ4v) is 4.41. The van der Waals surface area contributed by atoms with Crippen LogP contribution in [0.15, 0.2) is 36.1 Å². The van der Waals surface area contributed by atoms with E-state index in [1.807, 2.05) is 30.3 Å². The molecular formula is C23H31N3O4. The molecule has 0 aromatic heterocycles. The molecule has 7 nitrogen and oxygen atoms in total. The van der Waals surface area contributed by atoms with Gasteiger partial charge in [-0.15, -0.1) is 0 Å². The summed E-state index contributed by atoms with van der Waals surface area (Å²) in [5.74, 6) is 0.175. The van der Waals surface area contributed by atoms with E-state index < -0.39 is 0 Å². The standard InChI is InChI=1S/C23H31N3O4/c27-22(24-9-4-10-26-11-13-29-14-12-26)18-7-8-20-19(16-18)25-23(28)21(30-20)15-17-5-2-1-3-6-17/h1-3,5-6,15,18-20H,4,7-14,16H2,(H,24,27)(H,25,28)/b21-15-. The Morgan fingerprint density at radius 2 is 2.00 bits per heavy atom. The number of morpholine rings is 2. The minimum atomic E-state index is -0.202. The van der Waals surface area contributed by atoms with Crippen molar-refractivity contribution in [1.29, 1.82) is 0 Å². The topological polar surface area (TPSA) is 79.9 Å². The molecule has 2 heterocycles. The predicted octanol–water partition coefficient (Wildman–Crippen LogP) is 1.55. The van der Waals surface area contributed by atoms with E-state index in [1.54, 1.807) is 6.08 Å². The number of ether oxygens (including phenoxy) is 2. The SMILES string of the molecule is O=C1NC2CC(C(=O)NCCCN3CCOCC3)CCC2O/C1=C\c1ccccc1. The van der Waals surface area contributed by atoms with Crippen molar-refractivity contribution >= 4 is 17.9 Å². The van der Waals surface area contributed by atoms with Crippen molar-refractivity contribution < 1.29 is 19.1 Å². The van der Waals surface area contributed by atoms with E-state index in [0.717, 1.165) is 57.7 Å². The molecule has 1 aromatic carbocycles. The maximum absolute atomic E-state index is 12.6. The van der Waals surface area contributed by atoms with Crippen LogP contribution in [-0.2, 0) is 19.1 Å². The summed E-state index contributed by atoms with van der Waals surface area (Å²) in [6.07, 6.45) is 4.83. The van der Waals surface area contributed by atoms with Crippen LogP contribution in [0, 0.1) is 5.92 Å². The van der Waals surface area contributed by atoms with Crippen molar-refractivity contribution in [3.63, 3.8) is 0 Å². The van der Waals surface area contributed by atoms with Gasteiger partial charge in [-0.1, -0.05) is 30.3 Å².